The van der Waals surface area contributed by atoms with E-state index in [-0.39, 0.29) is 42.7 Å². The van der Waals surface area contributed by atoms with Gasteiger partial charge in [-0.1, -0.05) is 45.4 Å². The summed E-state index contributed by atoms with van der Waals surface area (Å²) in [6.07, 6.45) is 11.7. The standard InChI is InChI=1S/C32H49N5O6/c1-4-16-32(26(39)27(32)40)37(35-21-14-15-21)28(41)23-18-20-12-8-9-13-22(20)36(23)29(42)25(31(2,3)30(33)43)34-24(38)17-19-10-6-5-7-11-19/h19-23,25,35H,4-18H2,1-3H3,(H2,33,43)(H,34,38). The number of hydrogen-bond donors (Lipinski definition) is 3. The summed E-state index contributed by atoms with van der Waals surface area (Å²) in [5.41, 5.74) is 6.03. The molecule has 1 aliphatic heterocycles. The summed E-state index contributed by atoms with van der Waals surface area (Å²) in [6.45, 7) is 4.98. The van der Waals surface area contributed by atoms with Crippen molar-refractivity contribution in [3.8, 4) is 0 Å². The Morgan fingerprint density at radius 3 is 2.19 bits per heavy atom. The maximum atomic E-state index is 14.6. The second-order valence-electron chi connectivity index (χ2n) is 14.2. The van der Waals surface area contributed by atoms with Crippen LogP contribution in [0.5, 0.6) is 0 Å². The Bertz CT molecular complexity index is 1140. The van der Waals surface area contributed by atoms with Crippen molar-refractivity contribution < 1.29 is 28.8 Å². The number of rotatable bonds is 12. The fourth-order valence-corrected chi connectivity index (χ4v) is 7.78. The van der Waals surface area contributed by atoms with Crippen LogP contribution in [0.2, 0.25) is 0 Å². The smallest absolute Gasteiger partial charge is 0.260 e. The number of hydrazine groups is 1. The predicted octanol–water partition coefficient (Wildman–Crippen LogP) is 2.30. The van der Waals surface area contributed by atoms with Gasteiger partial charge in [0.1, 0.15) is 12.1 Å². The minimum absolute atomic E-state index is 0.00710. The van der Waals surface area contributed by atoms with Gasteiger partial charge in [-0.25, -0.2) is 5.43 Å². The quantitative estimate of drug-likeness (QED) is 0.176. The molecule has 238 valence electrons. The molecule has 1 saturated heterocycles. The van der Waals surface area contributed by atoms with Crippen molar-refractivity contribution >= 4 is 35.2 Å². The van der Waals surface area contributed by atoms with E-state index < -0.39 is 52.3 Å². The number of fused-ring (bicyclic) bond motifs is 1. The molecule has 0 spiro atoms. The van der Waals surface area contributed by atoms with Crippen LogP contribution in [0, 0.1) is 17.3 Å². The number of amides is 4. The van der Waals surface area contributed by atoms with Crippen molar-refractivity contribution in [1.82, 2.24) is 20.7 Å². The van der Waals surface area contributed by atoms with Crippen molar-refractivity contribution in [2.75, 3.05) is 0 Å². The van der Waals surface area contributed by atoms with Crippen LogP contribution in [0.1, 0.15) is 117 Å². The Hall–Kier alpha value is -2.82. The van der Waals surface area contributed by atoms with Crippen LogP contribution in [-0.2, 0) is 28.8 Å². The molecular weight excluding hydrogens is 550 g/mol. The summed E-state index contributed by atoms with van der Waals surface area (Å²) in [5, 5.41) is 4.15. The van der Waals surface area contributed by atoms with Gasteiger partial charge in [-0.2, -0.15) is 0 Å². The molecule has 5 rings (SSSR count). The zero-order valence-electron chi connectivity index (χ0n) is 26.0. The number of nitrogens with one attached hydrogen (secondary N) is 2. The van der Waals surface area contributed by atoms with E-state index >= 15 is 0 Å². The SMILES string of the molecule is CCCC1(N(NC2CC2)C(=O)C2CC3CCCCC3N2C(=O)C(NC(=O)CC2CCCCC2)C(C)(C)C(N)=O)C(=O)C1=O. The number of primary amides is 1. The van der Waals surface area contributed by atoms with E-state index in [9.17, 15) is 28.8 Å². The minimum Gasteiger partial charge on any atom is -0.369 e. The molecule has 1 heterocycles. The first-order valence-corrected chi connectivity index (χ1v) is 16.5. The molecule has 4 N–H and O–H groups in total. The lowest BCUT2D eigenvalue weighted by Crippen LogP contribution is -2.64. The first-order valence-electron chi connectivity index (χ1n) is 16.5. The Labute approximate surface area is 254 Å². The molecule has 4 saturated carbocycles. The maximum absolute atomic E-state index is 14.6. The zero-order chi connectivity index (χ0) is 31.1. The van der Waals surface area contributed by atoms with Crippen molar-refractivity contribution in [1.29, 1.82) is 0 Å². The Kier molecular flexibility index (Phi) is 9.03. The molecule has 0 bridgehead atoms. The van der Waals surface area contributed by atoms with Crippen LogP contribution in [0.4, 0.5) is 0 Å². The number of likely N-dealkylation sites (tertiary alicyclic amines) is 1. The summed E-state index contributed by atoms with van der Waals surface area (Å²) in [7, 11) is 0. The van der Waals surface area contributed by atoms with Gasteiger partial charge in [0.15, 0.2) is 5.54 Å². The van der Waals surface area contributed by atoms with Gasteiger partial charge in [-0.15, -0.1) is 0 Å². The average molecular weight is 600 g/mol. The van der Waals surface area contributed by atoms with E-state index in [1.54, 1.807) is 18.7 Å². The predicted molar refractivity (Wildman–Crippen MR) is 158 cm³/mol. The lowest BCUT2D eigenvalue weighted by Gasteiger charge is -2.41. The van der Waals surface area contributed by atoms with Gasteiger partial charge in [0.2, 0.25) is 29.3 Å². The third kappa shape index (κ3) is 5.98. The molecule has 4 unspecified atom stereocenters. The van der Waals surface area contributed by atoms with E-state index in [4.69, 9.17) is 5.73 Å². The van der Waals surface area contributed by atoms with E-state index in [1.807, 2.05) is 6.92 Å². The summed E-state index contributed by atoms with van der Waals surface area (Å²) in [6, 6.07) is -2.43. The number of nitrogens with two attached hydrogens (primary N) is 1. The summed E-state index contributed by atoms with van der Waals surface area (Å²) < 4.78 is 0. The highest BCUT2D eigenvalue weighted by Crippen LogP contribution is 2.44. The van der Waals surface area contributed by atoms with E-state index in [0.29, 0.717) is 19.3 Å². The highest BCUT2D eigenvalue weighted by Gasteiger charge is 2.71. The largest absolute Gasteiger partial charge is 0.369 e. The van der Waals surface area contributed by atoms with Crippen LogP contribution in [0.3, 0.4) is 0 Å². The summed E-state index contributed by atoms with van der Waals surface area (Å²) in [5.74, 6) is -2.84. The maximum Gasteiger partial charge on any atom is 0.260 e. The first-order chi connectivity index (χ1) is 20.4. The lowest BCUT2D eigenvalue weighted by molar-refractivity contribution is -0.156. The molecule has 4 amide bonds. The van der Waals surface area contributed by atoms with Crippen molar-refractivity contribution in [2.24, 2.45) is 23.0 Å². The number of carbonyl (C=O) groups is 6. The number of hydrogen-bond acceptors (Lipinski definition) is 7. The van der Waals surface area contributed by atoms with E-state index in [0.717, 1.165) is 64.2 Å². The van der Waals surface area contributed by atoms with Crippen molar-refractivity contribution in [3.63, 3.8) is 0 Å². The van der Waals surface area contributed by atoms with E-state index in [1.165, 1.54) is 5.01 Å². The normalized spacial score (nSPS) is 27.8. The van der Waals surface area contributed by atoms with E-state index in [2.05, 4.69) is 10.7 Å². The molecule has 5 fully saturated rings. The first kappa shape index (κ1) is 31.6. The highest BCUT2D eigenvalue weighted by atomic mass is 16.2. The fraction of sp³-hybridized carbons (Fsp3) is 0.812. The molecular formula is C32H49N5O6. The van der Waals surface area contributed by atoms with Crippen LogP contribution in [-0.4, -0.2) is 74.8 Å². The number of ketones is 2. The molecule has 11 nitrogen and oxygen atoms in total. The average Bonchev–Trinajstić information content (AvgIpc) is 3.85. The second-order valence-corrected chi connectivity index (χ2v) is 14.2. The minimum atomic E-state index is -1.53. The third-order valence-corrected chi connectivity index (χ3v) is 10.7. The highest BCUT2D eigenvalue weighted by molar-refractivity contribution is 6.67. The van der Waals surface area contributed by atoms with Gasteiger partial charge >= 0.3 is 0 Å². The van der Waals surface area contributed by atoms with Gasteiger partial charge in [-0.3, -0.25) is 33.8 Å². The van der Waals surface area contributed by atoms with Gasteiger partial charge < -0.3 is 16.0 Å². The Morgan fingerprint density at radius 1 is 0.977 bits per heavy atom. The molecule has 4 atom stereocenters. The van der Waals surface area contributed by atoms with Crippen LogP contribution < -0.4 is 16.5 Å². The second kappa shape index (κ2) is 12.3. The van der Waals surface area contributed by atoms with Crippen molar-refractivity contribution in [3.05, 3.63) is 0 Å². The lowest BCUT2D eigenvalue weighted by atomic mass is 9.81. The monoisotopic (exact) mass is 599 g/mol. The van der Waals surface area contributed by atoms with Crippen LogP contribution in [0.25, 0.3) is 0 Å². The molecule has 11 heteroatoms. The van der Waals surface area contributed by atoms with Crippen LogP contribution in [0.15, 0.2) is 0 Å². The van der Waals surface area contributed by atoms with Crippen molar-refractivity contribution in [2.45, 2.75) is 147 Å². The van der Waals surface area contributed by atoms with Gasteiger partial charge in [0, 0.05) is 18.5 Å². The molecule has 0 aromatic rings. The molecule has 0 aromatic carbocycles. The Morgan fingerprint density at radius 2 is 1.60 bits per heavy atom. The van der Waals surface area contributed by atoms with Gasteiger partial charge in [0.25, 0.3) is 5.91 Å². The summed E-state index contributed by atoms with van der Waals surface area (Å²) >= 11 is 0. The molecule has 4 aliphatic carbocycles. The zero-order valence-corrected chi connectivity index (χ0v) is 26.0. The number of Topliss-reactive ketones (excluding diaryl/α,β-unsaturated/α-hetero) is 2. The number of nitrogens with zero attached hydrogens (tertiary/aromatic N) is 2. The third-order valence-electron chi connectivity index (χ3n) is 10.7. The Balaban J connectivity index is 1.46. The topological polar surface area (TPSA) is 159 Å². The van der Waals surface area contributed by atoms with Gasteiger partial charge in [0.05, 0.1) is 5.41 Å². The van der Waals surface area contributed by atoms with Gasteiger partial charge in [-0.05, 0) is 77.0 Å². The molecule has 43 heavy (non-hydrogen) atoms. The molecule has 5 aliphatic rings. The number of carbonyl (C=O) groups excluding carboxylic acids is 6. The molecule has 0 radical (unpaired) electrons. The van der Waals surface area contributed by atoms with Crippen LogP contribution >= 0.6 is 0 Å². The molecule has 0 aromatic heterocycles. The summed E-state index contributed by atoms with van der Waals surface area (Å²) in [4.78, 5) is 82.4. The fourth-order valence-electron chi connectivity index (χ4n) is 7.78.